The van der Waals surface area contributed by atoms with Crippen LogP contribution in [0, 0.1) is 0 Å². The van der Waals surface area contributed by atoms with Crippen LogP contribution in [0.3, 0.4) is 0 Å². The number of nitrogens with zero attached hydrogens (tertiary/aromatic N) is 6. The van der Waals surface area contributed by atoms with Crippen LogP contribution in [-0.2, 0) is 0 Å². The molecule has 0 amide bonds. The van der Waals surface area contributed by atoms with Crippen molar-refractivity contribution in [3.05, 3.63) is 36.9 Å². The Labute approximate surface area is 143 Å². The third-order valence-corrected chi connectivity index (χ3v) is 4.49. The van der Waals surface area contributed by atoms with E-state index < -0.39 is 0 Å². The Hall–Kier alpha value is -2.47. The van der Waals surface area contributed by atoms with E-state index in [4.69, 9.17) is 0 Å². The molecule has 0 N–H and O–H groups in total. The zero-order valence-electron chi connectivity index (χ0n) is 14.4. The summed E-state index contributed by atoms with van der Waals surface area (Å²) in [4.78, 5) is 14.0. The van der Waals surface area contributed by atoms with Gasteiger partial charge in [-0.15, -0.1) is 0 Å². The lowest BCUT2D eigenvalue weighted by Gasteiger charge is -2.37. The summed E-state index contributed by atoms with van der Waals surface area (Å²) in [6.45, 7) is 15.9. The Kier molecular flexibility index (Phi) is 4.76. The van der Waals surface area contributed by atoms with Gasteiger partial charge in [0.05, 0.1) is 23.8 Å². The first-order chi connectivity index (χ1) is 11.6. The van der Waals surface area contributed by atoms with Gasteiger partial charge in [-0.1, -0.05) is 6.58 Å². The highest BCUT2D eigenvalue weighted by Crippen LogP contribution is 2.22. The first-order valence-electron chi connectivity index (χ1n) is 8.25. The fourth-order valence-electron chi connectivity index (χ4n) is 2.99. The molecular weight excluding hydrogens is 300 g/mol. The van der Waals surface area contributed by atoms with E-state index in [9.17, 15) is 0 Å². The van der Waals surface area contributed by atoms with Crippen LogP contribution < -0.4 is 4.90 Å². The van der Waals surface area contributed by atoms with E-state index in [0.717, 1.165) is 48.9 Å². The summed E-state index contributed by atoms with van der Waals surface area (Å²) in [5.41, 5.74) is 2.67. The summed E-state index contributed by atoms with van der Waals surface area (Å²) in [5.74, 6) is 0.937. The van der Waals surface area contributed by atoms with Gasteiger partial charge >= 0.3 is 0 Å². The van der Waals surface area contributed by atoms with Crippen LogP contribution in [0.2, 0.25) is 0 Å². The molecule has 0 spiro atoms. The molecule has 0 saturated carbocycles. The zero-order chi connectivity index (χ0) is 17.1. The molecule has 2 aromatic rings. The smallest absolute Gasteiger partial charge is 0.147 e. The molecule has 3 rings (SSSR count). The first kappa shape index (κ1) is 16.4. The first-order valence-corrected chi connectivity index (χ1v) is 8.25. The Morgan fingerprint density at radius 3 is 2.42 bits per heavy atom. The maximum atomic E-state index is 4.60. The monoisotopic (exact) mass is 324 g/mol. The molecule has 0 unspecified atom stereocenters. The van der Waals surface area contributed by atoms with Crippen molar-refractivity contribution in [2.45, 2.75) is 19.9 Å². The molecule has 3 heterocycles. The van der Waals surface area contributed by atoms with Crippen LogP contribution in [0.5, 0.6) is 0 Å². The molecule has 1 saturated heterocycles. The summed E-state index contributed by atoms with van der Waals surface area (Å²) in [7, 11) is 0. The summed E-state index contributed by atoms with van der Waals surface area (Å²) in [6.07, 6.45) is 7.30. The largest absolute Gasteiger partial charge is 0.353 e. The number of anilines is 1. The van der Waals surface area contributed by atoms with Crippen LogP contribution in [0.1, 0.15) is 19.5 Å². The third-order valence-electron chi connectivity index (χ3n) is 4.49. The Morgan fingerprint density at radius 2 is 1.92 bits per heavy atom. The van der Waals surface area contributed by atoms with E-state index in [1.165, 1.54) is 0 Å². The summed E-state index contributed by atoms with van der Waals surface area (Å²) in [5, 5.41) is 3.93. The summed E-state index contributed by atoms with van der Waals surface area (Å²) in [6, 6.07) is 2.58. The molecule has 1 fully saturated rings. The van der Waals surface area contributed by atoms with Crippen molar-refractivity contribution in [3.8, 4) is 11.3 Å². The number of hydrogen-bond acceptors (Lipinski definition) is 5. The number of rotatable bonds is 5. The van der Waals surface area contributed by atoms with Gasteiger partial charge in [-0.3, -0.25) is 9.88 Å². The normalized spacial score (nSPS) is 15.7. The van der Waals surface area contributed by atoms with E-state index in [0.29, 0.717) is 6.04 Å². The molecule has 0 atom stereocenters. The van der Waals surface area contributed by atoms with Gasteiger partial charge in [0.25, 0.3) is 0 Å². The second kappa shape index (κ2) is 6.97. The quantitative estimate of drug-likeness (QED) is 0.793. The summed E-state index contributed by atoms with van der Waals surface area (Å²) < 4.78 is 1.68. The predicted octanol–water partition coefficient (Wildman–Crippen LogP) is 2.58. The third kappa shape index (κ3) is 3.23. The fraction of sp³-hybridized carbons (Fsp3) is 0.389. The van der Waals surface area contributed by atoms with Gasteiger partial charge < -0.3 is 4.90 Å². The van der Waals surface area contributed by atoms with E-state index in [2.05, 4.69) is 52.0 Å². The lowest BCUT2D eigenvalue weighted by atomic mass is 10.2. The molecule has 0 aliphatic carbocycles. The van der Waals surface area contributed by atoms with Crippen LogP contribution in [0.25, 0.3) is 17.3 Å². The zero-order valence-corrected chi connectivity index (χ0v) is 14.4. The molecule has 1 aliphatic rings. The average molecular weight is 324 g/mol. The van der Waals surface area contributed by atoms with Crippen LogP contribution in [0.15, 0.2) is 36.3 Å². The number of hydrogen-bond donors (Lipinski definition) is 0. The van der Waals surface area contributed by atoms with Crippen molar-refractivity contribution in [2.24, 2.45) is 5.10 Å². The second-order valence-corrected chi connectivity index (χ2v) is 6.22. The molecule has 2 aromatic heterocycles. The van der Waals surface area contributed by atoms with Gasteiger partial charge in [0, 0.05) is 50.7 Å². The van der Waals surface area contributed by atoms with Gasteiger partial charge in [0.1, 0.15) is 5.82 Å². The molecule has 1 aliphatic heterocycles. The van der Waals surface area contributed by atoms with E-state index in [1.807, 2.05) is 24.7 Å². The minimum atomic E-state index is 0.599. The number of aromatic nitrogens is 3. The Morgan fingerprint density at radius 1 is 1.17 bits per heavy atom. The average Bonchev–Trinajstić information content (AvgIpc) is 3.05. The van der Waals surface area contributed by atoms with Crippen molar-refractivity contribution in [1.82, 2.24) is 19.5 Å². The van der Waals surface area contributed by atoms with Gasteiger partial charge in [0.15, 0.2) is 0 Å². The SMILES string of the molecule is C=Cc1cc(-c2cnc(N3CCN(C(C)C)CC3)cn2)cn1N=C. The van der Waals surface area contributed by atoms with Gasteiger partial charge in [-0.05, 0) is 26.0 Å². The van der Waals surface area contributed by atoms with E-state index in [-0.39, 0.29) is 0 Å². The van der Waals surface area contributed by atoms with Crippen molar-refractivity contribution in [3.63, 3.8) is 0 Å². The van der Waals surface area contributed by atoms with Gasteiger partial charge in [0.2, 0.25) is 0 Å². The molecule has 0 radical (unpaired) electrons. The highest BCUT2D eigenvalue weighted by molar-refractivity contribution is 5.63. The Balaban J connectivity index is 1.73. The lowest BCUT2D eigenvalue weighted by molar-refractivity contribution is 0.209. The van der Waals surface area contributed by atoms with Crippen molar-refractivity contribution >= 4 is 18.6 Å². The topological polar surface area (TPSA) is 49.6 Å². The van der Waals surface area contributed by atoms with Crippen LogP contribution in [-0.4, -0.2) is 58.5 Å². The lowest BCUT2D eigenvalue weighted by Crippen LogP contribution is -2.49. The maximum absolute atomic E-state index is 4.60. The molecule has 6 heteroatoms. The van der Waals surface area contributed by atoms with Gasteiger partial charge in [-0.2, -0.15) is 5.10 Å². The fourth-order valence-corrected chi connectivity index (χ4v) is 2.99. The summed E-state index contributed by atoms with van der Waals surface area (Å²) >= 11 is 0. The highest BCUT2D eigenvalue weighted by Gasteiger charge is 2.20. The standard InChI is InChI=1S/C18H24N6/c1-5-16-10-15(13-24(16)19-4)17-11-21-18(12-20-17)23-8-6-22(7-9-23)14(2)3/h5,10-14H,1,4,6-9H2,2-3H3. The minimum absolute atomic E-state index is 0.599. The van der Waals surface area contributed by atoms with E-state index >= 15 is 0 Å². The maximum Gasteiger partial charge on any atom is 0.147 e. The number of piperazine rings is 1. The highest BCUT2D eigenvalue weighted by atomic mass is 15.3. The Bertz CT molecular complexity index is 682. The van der Waals surface area contributed by atoms with Crippen molar-refractivity contribution < 1.29 is 0 Å². The second-order valence-electron chi connectivity index (χ2n) is 6.22. The molecule has 0 aromatic carbocycles. The van der Waals surface area contributed by atoms with Gasteiger partial charge in [-0.25, -0.2) is 9.66 Å². The molecule has 0 bridgehead atoms. The molecular formula is C18H24N6. The molecule has 24 heavy (non-hydrogen) atoms. The van der Waals surface area contributed by atoms with Crippen molar-refractivity contribution in [1.29, 1.82) is 0 Å². The molecule has 126 valence electrons. The van der Waals surface area contributed by atoms with E-state index in [1.54, 1.807) is 10.8 Å². The predicted molar refractivity (Wildman–Crippen MR) is 99.4 cm³/mol. The minimum Gasteiger partial charge on any atom is -0.353 e. The molecule has 6 nitrogen and oxygen atoms in total. The van der Waals surface area contributed by atoms with Crippen LogP contribution in [0.4, 0.5) is 5.82 Å². The van der Waals surface area contributed by atoms with Crippen molar-refractivity contribution in [2.75, 3.05) is 31.1 Å². The van der Waals surface area contributed by atoms with Crippen LogP contribution >= 0.6 is 0 Å².